The molecule has 7 nitrogen and oxygen atoms in total. The Hall–Kier alpha value is -2.67. The van der Waals surface area contributed by atoms with Crippen LogP contribution in [0.2, 0.25) is 0 Å². The van der Waals surface area contributed by atoms with E-state index in [-0.39, 0.29) is 31.1 Å². The number of hydrogen-bond donors (Lipinski definition) is 0. The van der Waals surface area contributed by atoms with Crippen LogP contribution in [0.1, 0.15) is 25.1 Å². The molecular formula is C18H21NO6. The van der Waals surface area contributed by atoms with Gasteiger partial charge in [-0.05, 0) is 6.92 Å². The van der Waals surface area contributed by atoms with Crippen LogP contribution in [0.25, 0.3) is 0 Å². The molecule has 1 amide bonds. The van der Waals surface area contributed by atoms with Crippen molar-refractivity contribution in [2.45, 2.75) is 25.6 Å². The lowest BCUT2D eigenvalue weighted by Gasteiger charge is -2.30. The lowest BCUT2D eigenvalue weighted by molar-refractivity contribution is -0.156. The first-order valence-electron chi connectivity index (χ1n) is 7.90. The maximum absolute atomic E-state index is 12.4. The summed E-state index contributed by atoms with van der Waals surface area (Å²) in [7, 11) is 1.23. The van der Waals surface area contributed by atoms with Crippen LogP contribution in [0, 0.1) is 0 Å². The minimum atomic E-state index is -1.02. The zero-order valence-corrected chi connectivity index (χ0v) is 14.3. The van der Waals surface area contributed by atoms with Gasteiger partial charge in [0.15, 0.2) is 6.23 Å². The van der Waals surface area contributed by atoms with E-state index in [0.29, 0.717) is 0 Å². The standard InChI is InChI=1S/C18H21NO6/c1-4-24-18(22)14(10-12(2)17(21)23-3)19-15(20)11-25-16(19)13-8-6-5-7-9-13/h5-9,14,16H,2,4,10-11H2,1,3H3/t14-,16-/m1/s1. The summed E-state index contributed by atoms with van der Waals surface area (Å²) in [4.78, 5) is 37.8. The Kier molecular flexibility index (Phi) is 6.30. The number of esters is 2. The molecule has 2 atom stereocenters. The molecular weight excluding hydrogens is 326 g/mol. The third-order valence-corrected chi connectivity index (χ3v) is 3.80. The van der Waals surface area contributed by atoms with Gasteiger partial charge >= 0.3 is 11.9 Å². The summed E-state index contributed by atoms with van der Waals surface area (Å²) in [6.07, 6.45) is -0.822. The van der Waals surface area contributed by atoms with E-state index in [9.17, 15) is 14.4 Å². The smallest absolute Gasteiger partial charge is 0.333 e. The molecule has 0 spiro atoms. The van der Waals surface area contributed by atoms with Gasteiger partial charge in [0.25, 0.3) is 5.91 Å². The van der Waals surface area contributed by atoms with Crippen molar-refractivity contribution < 1.29 is 28.6 Å². The molecule has 1 fully saturated rings. The Morgan fingerprint density at radius 3 is 2.64 bits per heavy atom. The van der Waals surface area contributed by atoms with Crippen LogP contribution in [0.4, 0.5) is 0 Å². The fourth-order valence-electron chi connectivity index (χ4n) is 2.64. The molecule has 0 unspecified atom stereocenters. The Balaban J connectivity index is 2.32. The van der Waals surface area contributed by atoms with Crippen LogP contribution >= 0.6 is 0 Å². The molecule has 0 radical (unpaired) electrons. The third-order valence-electron chi connectivity index (χ3n) is 3.80. The number of nitrogens with zero attached hydrogens (tertiary/aromatic N) is 1. The van der Waals surface area contributed by atoms with E-state index < -0.39 is 24.2 Å². The molecule has 0 saturated carbocycles. The lowest BCUT2D eigenvalue weighted by Crippen LogP contribution is -2.45. The van der Waals surface area contributed by atoms with E-state index in [1.165, 1.54) is 12.0 Å². The number of benzene rings is 1. The van der Waals surface area contributed by atoms with Crippen molar-refractivity contribution >= 4 is 17.8 Å². The zero-order chi connectivity index (χ0) is 18.4. The quantitative estimate of drug-likeness (QED) is 0.550. The Bertz CT molecular complexity index is 657. The van der Waals surface area contributed by atoms with Crippen molar-refractivity contribution in [3.05, 3.63) is 48.0 Å². The summed E-state index contributed by atoms with van der Waals surface area (Å²) in [6.45, 7) is 5.31. The van der Waals surface area contributed by atoms with Gasteiger partial charge in [-0.25, -0.2) is 9.59 Å². The maximum Gasteiger partial charge on any atom is 0.333 e. The molecule has 1 heterocycles. The highest BCUT2D eigenvalue weighted by Gasteiger charge is 2.42. The van der Waals surface area contributed by atoms with E-state index in [4.69, 9.17) is 9.47 Å². The summed E-state index contributed by atoms with van der Waals surface area (Å²) in [5.74, 6) is -1.62. The molecule has 1 aromatic carbocycles. The summed E-state index contributed by atoms with van der Waals surface area (Å²) in [6, 6.07) is 8.04. The highest BCUT2D eigenvalue weighted by molar-refractivity contribution is 5.91. The van der Waals surface area contributed by atoms with Crippen molar-refractivity contribution in [1.29, 1.82) is 0 Å². The molecule has 7 heteroatoms. The van der Waals surface area contributed by atoms with E-state index in [2.05, 4.69) is 11.3 Å². The van der Waals surface area contributed by atoms with Gasteiger partial charge in [-0.2, -0.15) is 0 Å². The minimum Gasteiger partial charge on any atom is -0.466 e. The molecule has 0 N–H and O–H groups in total. The first kappa shape index (κ1) is 18.7. The van der Waals surface area contributed by atoms with Gasteiger partial charge in [0.1, 0.15) is 12.6 Å². The van der Waals surface area contributed by atoms with Crippen molar-refractivity contribution in [3.8, 4) is 0 Å². The fraction of sp³-hybridized carbons (Fsp3) is 0.389. The van der Waals surface area contributed by atoms with Crippen LogP contribution in [-0.2, 0) is 28.6 Å². The molecule has 1 aliphatic heterocycles. The number of methoxy groups -OCH3 is 1. The highest BCUT2D eigenvalue weighted by atomic mass is 16.5. The first-order valence-corrected chi connectivity index (χ1v) is 7.90. The zero-order valence-electron chi connectivity index (χ0n) is 14.3. The number of rotatable bonds is 7. The van der Waals surface area contributed by atoms with Crippen LogP contribution < -0.4 is 0 Å². The number of carbonyl (C=O) groups excluding carboxylic acids is 3. The van der Waals surface area contributed by atoms with Gasteiger partial charge in [0.05, 0.1) is 13.7 Å². The Morgan fingerprint density at radius 1 is 1.36 bits per heavy atom. The SMILES string of the molecule is C=C(C[C@H](C(=O)OCC)N1C(=O)CO[C@@H]1c1ccccc1)C(=O)OC. The second-order valence-electron chi connectivity index (χ2n) is 5.44. The van der Waals surface area contributed by atoms with Crippen LogP contribution in [0.15, 0.2) is 42.5 Å². The molecule has 1 aromatic rings. The predicted octanol–water partition coefficient (Wildman–Crippen LogP) is 1.60. The Morgan fingerprint density at radius 2 is 2.04 bits per heavy atom. The van der Waals surface area contributed by atoms with Crippen LogP contribution in [0.3, 0.4) is 0 Å². The summed E-state index contributed by atoms with van der Waals surface area (Å²) >= 11 is 0. The molecule has 0 bridgehead atoms. The largest absolute Gasteiger partial charge is 0.466 e. The molecule has 2 rings (SSSR count). The number of hydrogen-bond acceptors (Lipinski definition) is 6. The molecule has 0 aromatic heterocycles. The van der Waals surface area contributed by atoms with Crippen LogP contribution in [-0.4, -0.2) is 49.1 Å². The normalized spacial score (nSPS) is 17.9. The van der Waals surface area contributed by atoms with Gasteiger partial charge in [-0.3, -0.25) is 9.69 Å². The molecule has 134 valence electrons. The van der Waals surface area contributed by atoms with Gasteiger partial charge in [-0.1, -0.05) is 36.9 Å². The van der Waals surface area contributed by atoms with Crippen molar-refractivity contribution in [3.63, 3.8) is 0 Å². The number of ether oxygens (including phenoxy) is 3. The monoisotopic (exact) mass is 347 g/mol. The maximum atomic E-state index is 12.4. The highest BCUT2D eigenvalue weighted by Crippen LogP contribution is 2.32. The number of amides is 1. The summed E-state index contributed by atoms with van der Waals surface area (Å²) < 4.78 is 15.3. The van der Waals surface area contributed by atoms with Gasteiger partial charge in [0.2, 0.25) is 0 Å². The van der Waals surface area contributed by atoms with Crippen LogP contribution in [0.5, 0.6) is 0 Å². The molecule has 1 aliphatic rings. The summed E-state index contributed by atoms with van der Waals surface area (Å²) in [5.41, 5.74) is 0.804. The van der Waals surface area contributed by atoms with Crippen molar-refractivity contribution in [1.82, 2.24) is 4.90 Å². The topological polar surface area (TPSA) is 82.1 Å². The van der Waals surface area contributed by atoms with Crippen molar-refractivity contribution in [2.24, 2.45) is 0 Å². The van der Waals surface area contributed by atoms with Gasteiger partial charge in [-0.15, -0.1) is 0 Å². The second-order valence-corrected chi connectivity index (χ2v) is 5.44. The molecule has 25 heavy (non-hydrogen) atoms. The summed E-state index contributed by atoms with van der Waals surface area (Å²) in [5, 5.41) is 0. The van der Waals surface area contributed by atoms with E-state index in [1.807, 2.05) is 18.2 Å². The van der Waals surface area contributed by atoms with Crippen molar-refractivity contribution in [2.75, 3.05) is 20.3 Å². The lowest BCUT2D eigenvalue weighted by atomic mass is 10.0. The third kappa shape index (κ3) is 4.24. The average molecular weight is 347 g/mol. The minimum absolute atomic E-state index is 0.0760. The van der Waals surface area contributed by atoms with E-state index >= 15 is 0 Å². The van der Waals surface area contributed by atoms with Gasteiger partial charge < -0.3 is 14.2 Å². The predicted molar refractivity (Wildman–Crippen MR) is 88.2 cm³/mol. The second kappa shape index (κ2) is 8.43. The van der Waals surface area contributed by atoms with Gasteiger partial charge in [0, 0.05) is 17.6 Å². The Labute approximate surface area is 146 Å². The molecule has 0 aliphatic carbocycles. The number of carbonyl (C=O) groups is 3. The average Bonchev–Trinajstić information content (AvgIpc) is 3.00. The van der Waals surface area contributed by atoms with E-state index in [1.54, 1.807) is 19.1 Å². The fourth-order valence-corrected chi connectivity index (χ4v) is 2.64. The first-order chi connectivity index (χ1) is 12.0. The van der Waals surface area contributed by atoms with E-state index in [0.717, 1.165) is 5.56 Å². The molecule has 1 saturated heterocycles.